The maximum atomic E-state index is 9.87. The molecular formula is C11H15NO. The number of hydrogen-bond acceptors (Lipinski definition) is 2. The highest BCUT2D eigenvalue weighted by Crippen LogP contribution is 2.17. The van der Waals surface area contributed by atoms with Gasteiger partial charge in [0.15, 0.2) is 0 Å². The zero-order valence-corrected chi connectivity index (χ0v) is 7.88. The lowest BCUT2D eigenvalue weighted by molar-refractivity contribution is -0.00902. The quantitative estimate of drug-likeness (QED) is 0.702. The van der Waals surface area contributed by atoms with Crippen LogP contribution in [-0.4, -0.2) is 23.8 Å². The van der Waals surface area contributed by atoms with E-state index >= 15 is 0 Å². The van der Waals surface area contributed by atoms with E-state index in [4.69, 9.17) is 0 Å². The van der Waals surface area contributed by atoms with Gasteiger partial charge in [-0.25, -0.2) is 0 Å². The number of nitrogens with one attached hydrogen (secondary N) is 1. The summed E-state index contributed by atoms with van der Waals surface area (Å²) in [6.45, 7) is 3.52. The first-order chi connectivity index (χ1) is 6.18. The summed E-state index contributed by atoms with van der Waals surface area (Å²) in [6.07, 6.45) is 0.764. The Morgan fingerprint density at radius 1 is 1.31 bits per heavy atom. The van der Waals surface area contributed by atoms with Crippen molar-refractivity contribution in [3.63, 3.8) is 0 Å². The van der Waals surface area contributed by atoms with Crippen molar-refractivity contribution in [2.24, 2.45) is 0 Å². The number of rotatable bonds is 2. The van der Waals surface area contributed by atoms with Crippen molar-refractivity contribution < 1.29 is 5.11 Å². The van der Waals surface area contributed by atoms with E-state index in [1.165, 1.54) is 11.1 Å². The van der Waals surface area contributed by atoms with Gasteiger partial charge in [-0.2, -0.15) is 0 Å². The fraction of sp³-hybridized carbons (Fsp3) is 0.455. The molecule has 0 radical (unpaired) electrons. The zero-order chi connectivity index (χ0) is 9.31. The Morgan fingerprint density at radius 3 is 2.38 bits per heavy atom. The molecule has 1 aliphatic rings. The molecule has 2 N–H and O–H groups in total. The molecule has 2 rings (SSSR count). The van der Waals surface area contributed by atoms with Crippen LogP contribution < -0.4 is 5.32 Å². The summed E-state index contributed by atoms with van der Waals surface area (Å²) in [5.74, 6) is 0. The lowest BCUT2D eigenvalue weighted by atomic mass is 9.89. The first kappa shape index (κ1) is 8.73. The first-order valence-corrected chi connectivity index (χ1v) is 4.67. The van der Waals surface area contributed by atoms with Crippen molar-refractivity contribution in [3.05, 3.63) is 35.4 Å². The predicted octanol–water partition coefficient (Wildman–Crippen LogP) is 0.872. The summed E-state index contributed by atoms with van der Waals surface area (Å²) < 4.78 is 0. The predicted molar refractivity (Wildman–Crippen MR) is 52.7 cm³/mol. The van der Waals surface area contributed by atoms with Crippen molar-refractivity contribution >= 4 is 0 Å². The Bertz CT molecular complexity index is 287. The molecule has 0 atom stereocenters. The lowest BCUT2D eigenvalue weighted by Crippen LogP contribution is -2.60. The Labute approximate surface area is 78.6 Å². The minimum absolute atomic E-state index is 0.491. The molecule has 1 heterocycles. The second kappa shape index (κ2) is 3.13. The largest absolute Gasteiger partial charge is 0.387 e. The average Bonchev–Trinajstić information content (AvgIpc) is 2.06. The van der Waals surface area contributed by atoms with Crippen LogP contribution in [0.5, 0.6) is 0 Å². The number of β-amino-alcohol motifs (C(OH)–C–C–N with tert-alkyl or cyclic N) is 1. The van der Waals surface area contributed by atoms with E-state index < -0.39 is 5.60 Å². The summed E-state index contributed by atoms with van der Waals surface area (Å²) in [7, 11) is 0. The van der Waals surface area contributed by atoms with E-state index in [0.29, 0.717) is 0 Å². The van der Waals surface area contributed by atoms with Crippen LogP contribution in [0.2, 0.25) is 0 Å². The molecule has 70 valence electrons. The van der Waals surface area contributed by atoms with E-state index in [0.717, 1.165) is 19.5 Å². The standard InChI is InChI=1S/C11H15NO/c1-9-2-4-10(5-3-9)6-11(13)7-12-8-11/h2-5,12-13H,6-8H2,1H3. The van der Waals surface area contributed by atoms with E-state index in [9.17, 15) is 5.11 Å². The summed E-state index contributed by atoms with van der Waals surface area (Å²) in [4.78, 5) is 0. The maximum absolute atomic E-state index is 9.87. The highest BCUT2D eigenvalue weighted by molar-refractivity contribution is 5.23. The molecule has 0 amide bonds. The fourth-order valence-electron chi connectivity index (χ4n) is 1.62. The van der Waals surface area contributed by atoms with Gasteiger partial charge in [0, 0.05) is 19.5 Å². The smallest absolute Gasteiger partial charge is 0.0935 e. The first-order valence-electron chi connectivity index (χ1n) is 4.67. The van der Waals surface area contributed by atoms with Gasteiger partial charge in [-0.3, -0.25) is 0 Å². The van der Waals surface area contributed by atoms with Crippen LogP contribution in [0.15, 0.2) is 24.3 Å². The molecule has 13 heavy (non-hydrogen) atoms. The molecule has 2 heteroatoms. The molecule has 0 saturated carbocycles. The van der Waals surface area contributed by atoms with E-state index in [1.54, 1.807) is 0 Å². The summed E-state index contributed by atoms with van der Waals surface area (Å²) in [5, 5.41) is 13.0. The van der Waals surface area contributed by atoms with Crippen LogP contribution in [0.3, 0.4) is 0 Å². The van der Waals surface area contributed by atoms with Crippen LogP contribution in [0, 0.1) is 6.92 Å². The average molecular weight is 177 g/mol. The normalized spacial score (nSPS) is 19.5. The number of aryl methyl sites for hydroxylation is 1. The Balaban J connectivity index is 2.05. The number of aliphatic hydroxyl groups is 1. The van der Waals surface area contributed by atoms with Crippen molar-refractivity contribution in [1.29, 1.82) is 0 Å². The van der Waals surface area contributed by atoms with Gasteiger partial charge in [0.25, 0.3) is 0 Å². The molecule has 1 saturated heterocycles. The molecule has 0 unspecified atom stereocenters. The molecule has 1 fully saturated rings. The Morgan fingerprint density at radius 2 is 1.92 bits per heavy atom. The van der Waals surface area contributed by atoms with Crippen LogP contribution in [0.4, 0.5) is 0 Å². The molecule has 0 spiro atoms. The molecule has 0 bridgehead atoms. The van der Waals surface area contributed by atoms with E-state index in [-0.39, 0.29) is 0 Å². The molecule has 1 aromatic carbocycles. The summed E-state index contributed by atoms with van der Waals surface area (Å²) >= 11 is 0. The number of benzene rings is 1. The van der Waals surface area contributed by atoms with Gasteiger partial charge in [0.05, 0.1) is 5.60 Å². The van der Waals surface area contributed by atoms with Crippen molar-refractivity contribution in [2.45, 2.75) is 18.9 Å². The third kappa shape index (κ3) is 1.90. The van der Waals surface area contributed by atoms with Crippen LogP contribution in [0.25, 0.3) is 0 Å². The zero-order valence-electron chi connectivity index (χ0n) is 7.88. The molecule has 2 nitrogen and oxygen atoms in total. The SMILES string of the molecule is Cc1ccc(CC2(O)CNC2)cc1. The van der Waals surface area contributed by atoms with E-state index in [2.05, 4.69) is 36.5 Å². The van der Waals surface area contributed by atoms with Crippen LogP contribution in [-0.2, 0) is 6.42 Å². The van der Waals surface area contributed by atoms with Gasteiger partial charge >= 0.3 is 0 Å². The monoisotopic (exact) mass is 177 g/mol. The van der Waals surface area contributed by atoms with Gasteiger partial charge in [-0.15, -0.1) is 0 Å². The second-order valence-corrected chi connectivity index (χ2v) is 3.99. The lowest BCUT2D eigenvalue weighted by Gasteiger charge is -2.37. The van der Waals surface area contributed by atoms with Crippen molar-refractivity contribution in [3.8, 4) is 0 Å². The maximum Gasteiger partial charge on any atom is 0.0935 e. The van der Waals surface area contributed by atoms with Crippen LogP contribution in [0.1, 0.15) is 11.1 Å². The van der Waals surface area contributed by atoms with Gasteiger partial charge in [-0.1, -0.05) is 29.8 Å². The minimum Gasteiger partial charge on any atom is -0.387 e. The molecule has 0 aromatic heterocycles. The van der Waals surface area contributed by atoms with Gasteiger partial charge in [0.2, 0.25) is 0 Å². The van der Waals surface area contributed by atoms with Gasteiger partial charge in [0.1, 0.15) is 0 Å². The molecule has 0 aliphatic carbocycles. The van der Waals surface area contributed by atoms with Crippen molar-refractivity contribution in [1.82, 2.24) is 5.32 Å². The fourth-order valence-corrected chi connectivity index (χ4v) is 1.62. The van der Waals surface area contributed by atoms with E-state index in [1.807, 2.05) is 0 Å². The number of hydrogen-bond donors (Lipinski definition) is 2. The third-order valence-electron chi connectivity index (χ3n) is 2.56. The highest BCUT2D eigenvalue weighted by atomic mass is 16.3. The summed E-state index contributed by atoms with van der Waals surface area (Å²) in [5.41, 5.74) is 1.99. The van der Waals surface area contributed by atoms with Gasteiger partial charge in [-0.05, 0) is 12.5 Å². The highest BCUT2D eigenvalue weighted by Gasteiger charge is 2.33. The molecular weight excluding hydrogens is 162 g/mol. The minimum atomic E-state index is -0.491. The third-order valence-corrected chi connectivity index (χ3v) is 2.56. The topological polar surface area (TPSA) is 32.3 Å². The van der Waals surface area contributed by atoms with Crippen LogP contribution >= 0.6 is 0 Å². The molecule has 1 aromatic rings. The summed E-state index contributed by atoms with van der Waals surface area (Å²) in [6, 6.07) is 8.35. The van der Waals surface area contributed by atoms with Crippen molar-refractivity contribution in [2.75, 3.05) is 13.1 Å². The van der Waals surface area contributed by atoms with Gasteiger partial charge < -0.3 is 10.4 Å². The Hall–Kier alpha value is -0.860. The second-order valence-electron chi connectivity index (χ2n) is 3.99. The Kier molecular flexibility index (Phi) is 2.10. The molecule has 1 aliphatic heterocycles.